The summed E-state index contributed by atoms with van der Waals surface area (Å²) in [6.07, 6.45) is 0. The molecule has 3 aromatic carbocycles. The number of nitrogens with two attached hydrogens (primary N) is 1. The highest BCUT2D eigenvalue weighted by molar-refractivity contribution is 6.32. The second kappa shape index (κ2) is 7.95. The van der Waals surface area contributed by atoms with Crippen LogP contribution < -0.4 is 5.73 Å². The molecule has 4 rings (SSSR count). The Morgan fingerprint density at radius 3 is 2.23 bits per heavy atom. The quantitative estimate of drug-likeness (QED) is 0.455. The van der Waals surface area contributed by atoms with Crippen molar-refractivity contribution in [1.82, 2.24) is 15.0 Å². The fourth-order valence-electron chi connectivity index (χ4n) is 3.52. The van der Waals surface area contributed by atoms with E-state index in [1.54, 1.807) is 16.8 Å². The van der Waals surface area contributed by atoms with Gasteiger partial charge in [-0.3, -0.25) is 0 Å². The lowest BCUT2D eigenvalue weighted by Crippen LogP contribution is -2.02. The molecule has 150 valence electrons. The normalized spacial score (nSPS) is 10.5. The summed E-state index contributed by atoms with van der Waals surface area (Å²) in [5.74, 6) is 0. The van der Waals surface area contributed by atoms with Gasteiger partial charge in [-0.25, -0.2) is 4.68 Å². The number of anilines is 1. The number of benzene rings is 3. The summed E-state index contributed by atoms with van der Waals surface area (Å²) in [6.45, 7) is 3.84. The van der Waals surface area contributed by atoms with Crippen molar-refractivity contribution in [2.24, 2.45) is 0 Å². The van der Waals surface area contributed by atoms with Crippen LogP contribution in [0.2, 0.25) is 5.02 Å². The second-order valence-electron chi connectivity index (χ2n) is 7.11. The largest absolute Gasteiger partial charge is 0.397 e. The molecular weight excluding hydrogens is 408 g/mol. The summed E-state index contributed by atoms with van der Waals surface area (Å²) < 4.78 is 1.62. The first-order valence-corrected chi connectivity index (χ1v) is 9.85. The topological polar surface area (TPSA) is 104 Å². The first-order chi connectivity index (χ1) is 15.0. The fourth-order valence-corrected chi connectivity index (χ4v) is 3.74. The Labute approximate surface area is 184 Å². The first kappa shape index (κ1) is 20.2. The SMILES string of the molecule is Cc1ccc(-c2cc(-c3nnn(-c4ccccc4Cl)c3C)c(C#N)c(N)c2C#N)cc1. The lowest BCUT2D eigenvalue weighted by atomic mass is 9.90. The van der Waals surface area contributed by atoms with Crippen molar-refractivity contribution in [2.75, 3.05) is 5.73 Å². The lowest BCUT2D eigenvalue weighted by molar-refractivity contribution is 0.785. The Bertz CT molecular complexity index is 1390. The molecule has 0 saturated heterocycles. The number of nitriles is 2. The van der Waals surface area contributed by atoms with Crippen molar-refractivity contribution < 1.29 is 0 Å². The zero-order valence-electron chi connectivity index (χ0n) is 16.9. The molecule has 0 unspecified atom stereocenters. The minimum Gasteiger partial charge on any atom is -0.397 e. The Morgan fingerprint density at radius 2 is 1.58 bits per heavy atom. The van der Waals surface area contributed by atoms with E-state index in [1.807, 2.05) is 56.3 Å². The van der Waals surface area contributed by atoms with Gasteiger partial charge in [-0.05, 0) is 37.6 Å². The van der Waals surface area contributed by atoms with E-state index in [2.05, 4.69) is 22.5 Å². The molecule has 4 aromatic rings. The lowest BCUT2D eigenvalue weighted by Gasteiger charge is -2.13. The van der Waals surface area contributed by atoms with Crippen LogP contribution in [0.1, 0.15) is 22.4 Å². The van der Waals surface area contributed by atoms with Crippen LogP contribution in [-0.2, 0) is 0 Å². The van der Waals surface area contributed by atoms with E-state index in [9.17, 15) is 10.5 Å². The average Bonchev–Trinajstić information content (AvgIpc) is 3.15. The maximum Gasteiger partial charge on any atom is 0.117 e. The van der Waals surface area contributed by atoms with Crippen LogP contribution >= 0.6 is 11.6 Å². The molecule has 0 atom stereocenters. The Kier molecular flexibility index (Phi) is 5.17. The van der Waals surface area contributed by atoms with Gasteiger partial charge >= 0.3 is 0 Å². The summed E-state index contributed by atoms with van der Waals surface area (Å²) in [7, 11) is 0. The molecule has 1 aromatic heterocycles. The molecule has 1 heterocycles. The van der Waals surface area contributed by atoms with E-state index >= 15 is 0 Å². The summed E-state index contributed by atoms with van der Waals surface area (Å²) >= 11 is 6.33. The predicted octanol–water partition coefficient (Wildman–Crippen LogP) is 5.20. The molecule has 0 saturated carbocycles. The van der Waals surface area contributed by atoms with Crippen molar-refractivity contribution >= 4 is 17.3 Å². The van der Waals surface area contributed by atoms with Crippen molar-refractivity contribution in [3.8, 4) is 40.2 Å². The first-order valence-electron chi connectivity index (χ1n) is 9.47. The van der Waals surface area contributed by atoms with Gasteiger partial charge in [-0.15, -0.1) is 5.10 Å². The monoisotopic (exact) mass is 424 g/mol. The van der Waals surface area contributed by atoms with Crippen LogP contribution in [0.5, 0.6) is 0 Å². The van der Waals surface area contributed by atoms with Gasteiger partial charge in [0.1, 0.15) is 17.8 Å². The highest BCUT2D eigenvalue weighted by Gasteiger charge is 2.22. The van der Waals surface area contributed by atoms with E-state index in [0.29, 0.717) is 33.2 Å². The van der Waals surface area contributed by atoms with Crippen LogP contribution in [0.25, 0.3) is 28.1 Å². The molecule has 2 N–H and O–H groups in total. The summed E-state index contributed by atoms with van der Waals surface area (Å²) in [5, 5.41) is 28.7. The molecule has 0 spiro atoms. The number of rotatable bonds is 3. The Hall–Kier alpha value is -4.13. The highest BCUT2D eigenvalue weighted by atomic mass is 35.5. The van der Waals surface area contributed by atoms with Gasteiger partial charge in [0.15, 0.2) is 0 Å². The number of hydrogen-bond acceptors (Lipinski definition) is 5. The summed E-state index contributed by atoms with van der Waals surface area (Å²) in [6, 6.07) is 21.1. The average molecular weight is 425 g/mol. The molecule has 0 bridgehead atoms. The molecule has 0 radical (unpaired) electrons. The minimum atomic E-state index is 0.129. The van der Waals surface area contributed by atoms with Crippen molar-refractivity contribution in [3.63, 3.8) is 0 Å². The van der Waals surface area contributed by atoms with E-state index in [0.717, 1.165) is 11.1 Å². The number of aromatic nitrogens is 3. The van der Waals surface area contributed by atoms with Crippen LogP contribution in [0.4, 0.5) is 5.69 Å². The molecule has 0 aliphatic carbocycles. The van der Waals surface area contributed by atoms with Gasteiger partial charge in [0.2, 0.25) is 0 Å². The second-order valence-corrected chi connectivity index (χ2v) is 7.52. The van der Waals surface area contributed by atoms with E-state index in [4.69, 9.17) is 17.3 Å². The van der Waals surface area contributed by atoms with Crippen molar-refractivity contribution in [1.29, 1.82) is 10.5 Å². The Morgan fingerprint density at radius 1 is 0.935 bits per heavy atom. The van der Waals surface area contributed by atoms with Gasteiger partial charge in [0.05, 0.1) is 33.2 Å². The number of nitrogen functional groups attached to an aromatic ring is 1. The fraction of sp³-hybridized carbons (Fsp3) is 0.0833. The predicted molar refractivity (Wildman–Crippen MR) is 121 cm³/mol. The van der Waals surface area contributed by atoms with Gasteiger partial charge in [-0.1, -0.05) is 58.8 Å². The molecule has 31 heavy (non-hydrogen) atoms. The zero-order chi connectivity index (χ0) is 22.1. The highest BCUT2D eigenvalue weighted by Crippen LogP contribution is 2.38. The van der Waals surface area contributed by atoms with Gasteiger partial charge < -0.3 is 5.73 Å². The number of hydrogen-bond donors (Lipinski definition) is 1. The molecule has 6 nitrogen and oxygen atoms in total. The van der Waals surface area contributed by atoms with Crippen LogP contribution in [0, 0.1) is 36.5 Å². The number of nitrogens with zero attached hydrogens (tertiary/aromatic N) is 5. The third kappa shape index (κ3) is 3.40. The van der Waals surface area contributed by atoms with Gasteiger partial charge in [0.25, 0.3) is 0 Å². The van der Waals surface area contributed by atoms with E-state index < -0.39 is 0 Å². The standard InChI is InChI=1S/C24H17ClN6/c1-14-7-9-16(10-8-14)17-11-18(20(13-27)23(28)19(17)12-26)24-15(2)31(30-29-24)22-6-4-3-5-21(22)25/h3-11H,28H2,1-2H3. The third-order valence-corrected chi connectivity index (χ3v) is 5.50. The molecule has 0 aliphatic rings. The van der Waals surface area contributed by atoms with Crippen LogP contribution in [0.15, 0.2) is 54.6 Å². The molecule has 7 heteroatoms. The summed E-state index contributed by atoms with van der Waals surface area (Å²) in [5.41, 5.74) is 11.8. The molecule has 0 aliphatic heterocycles. The van der Waals surface area contributed by atoms with E-state index in [-0.39, 0.29) is 16.8 Å². The van der Waals surface area contributed by atoms with Gasteiger partial charge in [-0.2, -0.15) is 10.5 Å². The minimum absolute atomic E-state index is 0.129. The number of halogens is 1. The Balaban J connectivity index is 1.98. The smallest absolute Gasteiger partial charge is 0.117 e. The van der Waals surface area contributed by atoms with Crippen molar-refractivity contribution in [2.45, 2.75) is 13.8 Å². The summed E-state index contributed by atoms with van der Waals surface area (Å²) in [4.78, 5) is 0. The molecule has 0 amide bonds. The van der Waals surface area contributed by atoms with Crippen LogP contribution in [-0.4, -0.2) is 15.0 Å². The van der Waals surface area contributed by atoms with Crippen molar-refractivity contribution in [3.05, 3.63) is 82.0 Å². The van der Waals surface area contributed by atoms with Gasteiger partial charge in [0, 0.05) is 11.1 Å². The number of para-hydroxylation sites is 1. The van der Waals surface area contributed by atoms with E-state index in [1.165, 1.54) is 0 Å². The zero-order valence-corrected chi connectivity index (χ0v) is 17.6. The van der Waals surface area contributed by atoms with Crippen LogP contribution in [0.3, 0.4) is 0 Å². The molecule has 0 fully saturated rings. The number of aryl methyl sites for hydroxylation is 1. The maximum absolute atomic E-state index is 9.82. The molecular formula is C24H17ClN6. The third-order valence-electron chi connectivity index (χ3n) is 5.18. The maximum atomic E-state index is 9.82.